The molecule has 0 aromatic carbocycles. The predicted molar refractivity (Wildman–Crippen MR) is 117 cm³/mol. The minimum atomic E-state index is 0.580. The molecule has 1 aliphatic rings. The predicted octanol–water partition coefficient (Wildman–Crippen LogP) is 6.81. The molecule has 0 amide bonds. The van der Waals surface area contributed by atoms with Crippen LogP contribution in [0.3, 0.4) is 0 Å². The van der Waals surface area contributed by atoms with Crippen LogP contribution in [-0.4, -0.2) is 34.3 Å². The Labute approximate surface area is 168 Å². The largest absolute Gasteiger partial charge is 0.301 e. The van der Waals surface area contributed by atoms with Crippen LogP contribution >= 0.6 is 0 Å². The van der Waals surface area contributed by atoms with Crippen molar-refractivity contribution in [2.24, 2.45) is 5.92 Å². The van der Waals surface area contributed by atoms with E-state index in [1.54, 1.807) is 0 Å². The molecule has 1 aromatic heterocycles. The Morgan fingerprint density at radius 3 is 2.63 bits per heavy atom. The maximum Gasteiger partial charge on any atom is 0.0646 e. The lowest BCUT2D eigenvalue weighted by Crippen LogP contribution is -2.37. The Kier molecular flexibility index (Phi) is 10.5. The van der Waals surface area contributed by atoms with Crippen LogP contribution in [0.4, 0.5) is 0 Å². The van der Waals surface area contributed by atoms with Crippen LogP contribution in [0.25, 0.3) is 0 Å². The molecule has 3 nitrogen and oxygen atoms in total. The molecule has 1 aromatic rings. The van der Waals surface area contributed by atoms with Crippen LogP contribution in [0, 0.1) is 5.92 Å². The fourth-order valence-corrected chi connectivity index (χ4v) is 4.42. The van der Waals surface area contributed by atoms with Crippen molar-refractivity contribution in [1.82, 2.24) is 14.7 Å². The van der Waals surface area contributed by atoms with Crippen LogP contribution in [0.1, 0.15) is 116 Å². The van der Waals surface area contributed by atoms with E-state index < -0.39 is 0 Å². The van der Waals surface area contributed by atoms with Crippen molar-refractivity contribution in [3.63, 3.8) is 0 Å². The summed E-state index contributed by atoms with van der Waals surface area (Å²) < 4.78 is 2.27. The van der Waals surface area contributed by atoms with Gasteiger partial charge in [0.05, 0.1) is 12.2 Å². The van der Waals surface area contributed by atoms with E-state index in [0.717, 1.165) is 5.92 Å². The van der Waals surface area contributed by atoms with Gasteiger partial charge in [0.1, 0.15) is 0 Å². The summed E-state index contributed by atoms with van der Waals surface area (Å²) in [5, 5.41) is 4.72. The lowest BCUT2D eigenvalue weighted by Gasteiger charge is -2.32. The molecule has 27 heavy (non-hydrogen) atoms. The minimum Gasteiger partial charge on any atom is -0.301 e. The minimum absolute atomic E-state index is 0.580. The quantitative estimate of drug-likeness (QED) is 0.353. The van der Waals surface area contributed by atoms with Gasteiger partial charge in [-0.15, -0.1) is 0 Å². The van der Waals surface area contributed by atoms with Gasteiger partial charge < -0.3 is 4.90 Å². The number of piperidine rings is 1. The molecule has 3 heteroatoms. The number of aromatic nitrogens is 2. The van der Waals surface area contributed by atoms with Gasteiger partial charge in [0, 0.05) is 12.7 Å². The Morgan fingerprint density at radius 2 is 1.85 bits per heavy atom. The average Bonchev–Trinajstić information content (AvgIpc) is 3.18. The third-order valence-electron chi connectivity index (χ3n) is 6.64. The summed E-state index contributed by atoms with van der Waals surface area (Å²) in [6.45, 7) is 13.1. The number of likely N-dealkylation sites (tertiary alicyclic amines) is 1. The van der Waals surface area contributed by atoms with E-state index in [9.17, 15) is 0 Å². The van der Waals surface area contributed by atoms with Crippen LogP contribution in [0.2, 0.25) is 0 Å². The second kappa shape index (κ2) is 12.6. The van der Waals surface area contributed by atoms with Crippen LogP contribution < -0.4 is 0 Å². The van der Waals surface area contributed by atoms with Gasteiger partial charge in [-0.25, -0.2) is 0 Å². The second-order valence-electron chi connectivity index (χ2n) is 9.11. The molecule has 0 N–H and O–H groups in total. The number of hydrogen-bond acceptors (Lipinski definition) is 2. The lowest BCUT2D eigenvalue weighted by molar-refractivity contribution is 0.167. The van der Waals surface area contributed by atoms with E-state index in [0.29, 0.717) is 12.0 Å². The first-order chi connectivity index (χ1) is 13.1. The standard InChI is InChI=1S/C24H45N3/c1-5-13-22(4)23-18-25-27(19-23)24-15-12-17-26(20-24)16-11-9-7-8-10-14-21(3)6-2/h18-19,21-22,24H,5-17,20H2,1-4H3. The molecular formula is C24H45N3. The number of unbranched alkanes of at least 4 members (excludes halogenated alkanes) is 4. The van der Waals surface area contributed by atoms with Gasteiger partial charge in [0.15, 0.2) is 0 Å². The van der Waals surface area contributed by atoms with Gasteiger partial charge in [-0.2, -0.15) is 5.10 Å². The molecule has 3 atom stereocenters. The SMILES string of the molecule is CCCC(C)c1cnn(C2CCCN(CCCCCCCC(C)CC)C2)c1. The summed E-state index contributed by atoms with van der Waals surface area (Å²) in [5.74, 6) is 1.56. The highest BCUT2D eigenvalue weighted by atomic mass is 15.3. The maximum atomic E-state index is 4.72. The topological polar surface area (TPSA) is 21.1 Å². The van der Waals surface area contributed by atoms with Gasteiger partial charge in [-0.05, 0) is 56.2 Å². The smallest absolute Gasteiger partial charge is 0.0646 e. The van der Waals surface area contributed by atoms with Crippen molar-refractivity contribution in [2.75, 3.05) is 19.6 Å². The van der Waals surface area contributed by atoms with E-state index in [2.05, 4.69) is 49.7 Å². The molecule has 1 fully saturated rings. The van der Waals surface area contributed by atoms with Gasteiger partial charge >= 0.3 is 0 Å². The number of hydrogen-bond donors (Lipinski definition) is 0. The van der Waals surface area contributed by atoms with Crippen molar-refractivity contribution in [3.05, 3.63) is 18.0 Å². The summed E-state index contributed by atoms with van der Waals surface area (Å²) in [6, 6.07) is 0.580. The summed E-state index contributed by atoms with van der Waals surface area (Å²) in [5.41, 5.74) is 1.42. The van der Waals surface area contributed by atoms with Crippen LogP contribution in [0.5, 0.6) is 0 Å². The molecule has 0 spiro atoms. The zero-order chi connectivity index (χ0) is 19.5. The fraction of sp³-hybridized carbons (Fsp3) is 0.875. The maximum absolute atomic E-state index is 4.72. The van der Waals surface area contributed by atoms with E-state index >= 15 is 0 Å². The van der Waals surface area contributed by atoms with Crippen molar-refractivity contribution in [2.45, 2.75) is 110 Å². The summed E-state index contributed by atoms with van der Waals surface area (Å²) >= 11 is 0. The van der Waals surface area contributed by atoms with Crippen molar-refractivity contribution < 1.29 is 0 Å². The normalized spacial score (nSPS) is 20.7. The number of rotatable bonds is 13. The second-order valence-corrected chi connectivity index (χ2v) is 9.11. The zero-order valence-corrected chi connectivity index (χ0v) is 18.6. The molecule has 0 saturated carbocycles. The van der Waals surface area contributed by atoms with Crippen LogP contribution in [0.15, 0.2) is 12.4 Å². The van der Waals surface area contributed by atoms with Crippen molar-refractivity contribution in [3.8, 4) is 0 Å². The first-order valence-corrected chi connectivity index (χ1v) is 11.9. The monoisotopic (exact) mass is 375 g/mol. The van der Waals surface area contributed by atoms with E-state index in [1.165, 1.54) is 95.8 Å². The van der Waals surface area contributed by atoms with Crippen LogP contribution in [-0.2, 0) is 0 Å². The molecule has 3 unspecified atom stereocenters. The molecule has 156 valence electrons. The first-order valence-electron chi connectivity index (χ1n) is 11.9. The first kappa shape index (κ1) is 22.5. The third-order valence-corrected chi connectivity index (χ3v) is 6.64. The number of nitrogens with zero attached hydrogens (tertiary/aromatic N) is 3. The summed E-state index contributed by atoms with van der Waals surface area (Å²) in [6.07, 6.45) is 19.4. The average molecular weight is 376 g/mol. The highest BCUT2D eigenvalue weighted by molar-refractivity contribution is 5.10. The third kappa shape index (κ3) is 7.97. The fourth-order valence-electron chi connectivity index (χ4n) is 4.42. The highest BCUT2D eigenvalue weighted by Crippen LogP contribution is 2.25. The van der Waals surface area contributed by atoms with Gasteiger partial charge in [0.2, 0.25) is 0 Å². The lowest BCUT2D eigenvalue weighted by atomic mass is 9.99. The summed E-state index contributed by atoms with van der Waals surface area (Å²) in [7, 11) is 0. The summed E-state index contributed by atoms with van der Waals surface area (Å²) in [4.78, 5) is 2.68. The van der Waals surface area contributed by atoms with Gasteiger partial charge in [0.25, 0.3) is 0 Å². The molecule has 0 aliphatic carbocycles. The Bertz CT molecular complexity index is 496. The Hall–Kier alpha value is -0.830. The molecule has 2 rings (SSSR count). The van der Waals surface area contributed by atoms with Gasteiger partial charge in [-0.1, -0.05) is 72.6 Å². The van der Waals surface area contributed by atoms with Gasteiger partial charge in [-0.3, -0.25) is 4.68 Å². The molecule has 1 aliphatic heterocycles. The molecular weight excluding hydrogens is 330 g/mol. The van der Waals surface area contributed by atoms with Crippen molar-refractivity contribution in [1.29, 1.82) is 0 Å². The van der Waals surface area contributed by atoms with Crippen molar-refractivity contribution >= 4 is 0 Å². The highest BCUT2D eigenvalue weighted by Gasteiger charge is 2.22. The molecule has 0 bridgehead atoms. The van der Waals surface area contributed by atoms with E-state index in [-0.39, 0.29) is 0 Å². The molecule has 2 heterocycles. The van der Waals surface area contributed by atoms with E-state index in [1.807, 2.05) is 0 Å². The van der Waals surface area contributed by atoms with E-state index in [4.69, 9.17) is 5.10 Å². The molecule has 1 saturated heterocycles. The Morgan fingerprint density at radius 1 is 1.07 bits per heavy atom. The zero-order valence-electron chi connectivity index (χ0n) is 18.6. The Balaban J connectivity index is 1.64. The molecule has 0 radical (unpaired) electrons.